The highest BCUT2D eigenvalue weighted by Gasteiger charge is 2.34. The Hall–Kier alpha value is -3.49. The number of likely N-dealkylation sites (tertiary alicyclic amines) is 1. The van der Waals surface area contributed by atoms with Crippen molar-refractivity contribution in [2.75, 3.05) is 26.2 Å². The maximum absolute atomic E-state index is 13.2. The second-order valence-corrected chi connectivity index (χ2v) is 10.3. The second kappa shape index (κ2) is 9.28. The van der Waals surface area contributed by atoms with E-state index in [1.165, 1.54) is 0 Å². The van der Waals surface area contributed by atoms with E-state index in [0.29, 0.717) is 24.1 Å². The first kappa shape index (κ1) is 22.0. The Morgan fingerprint density at radius 2 is 1.91 bits per heavy atom. The molecule has 2 aliphatic heterocycles. The summed E-state index contributed by atoms with van der Waals surface area (Å²) in [6, 6.07) is 21.2. The maximum Gasteiger partial charge on any atom is 0.270 e. The largest absolute Gasteiger partial charge is 0.349 e. The van der Waals surface area contributed by atoms with E-state index in [4.69, 9.17) is 5.10 Å². The van der Waals surface area contributed by atoms with Crippen molar-refractivity contribution in [3.05, 3.63) is 93.9 Å². The molecule has 0 aliphatic carbocycles. The van der Waals surface area contributed by atoms with Gasteiger partial charge in [0.15, 0.2) is 0 Å². The summed E-state index contributed by atoms with van der Waals surface area (Å²) in [4.78, 5) is 29.0. The van der Waals surface area contributed by atoms with Crippen molar-refractivity contribution in [1.29, 1.82) is 0 Å². The molecule has 3 aromatic heterocycles. The second-order valence-electron chi connectivity index (χ2n) is 9.35. The van der Waals surface area contributed by atoms with Crippen molar-refractivity contribution in [3.63, 3.8) is 0 Å². The Balaban J connectivity index is 1.15. The molecule has 0 saturated carbocycles. The first-order chi connectivity index (χ1) is 17.2. The highest BCUT2D eigenvalue weighted by atomic mass is 32.1. The molecule has 4 aromatic rings. The van der Waals surface area contributed by atoms with Crippen LogP contribution in [0, 0.1) is 5.92 Å². The van der Waals surface area contributed by atoms with Crippen LogP contribution >= 0.6 is 11.3 Å². The van der Waals surface area contributed by atoms with Gasteiger partial charge in [-0.15, -0.1) is 11.3 Å². The van der Waals surface area contributed by atoms with Gasteiger partial charge >= 0.3 is 0 Å². The zero-order chi connectivity index (χ0) is 23.8. The first-order valence-electron chi connectivity index (χ1n) is 12.1. The molecule has 7 nitrogen and oxygen atoms in total. The van der Waals surface area contributed by atoms with Crippen LogP contribution < -0.4 is 10.9 Å². The zero-order valence-electron chi connectivity index (χ0n) is 19.3. The van der Waals surface area contributed by atoms with Crippen molar-refractivity contribution in [2.45, 2.75) is 18.9 Å². The molecule has 35 heavy (non-hydrogen) atoms. The predicted octanol–water partition coefficient (Wildman–Crippen LogP) is 3.61. The molecule has 178 valence electrons. The fourth-order valence-electron chi connectivity index (χ4n) is 5.45. The molecule has 5 heterocycles. The van der Waals surface area contributed by atoms with Crippen LogP contribution in [0.4, 0.5) is 0 Å². The number of piperidine rings is 1. The van der Waals surface area contributed by atoms with E-state index in [-0.39, 0.29) is 11.5 Å². The number of carbonyl (C=O) groups excluding carboxylic acids is 1. The van der Waals surface area contributed by atoms with E-state index >= 15 is 0 Å². The minimum absolute atomic E-state index is 0.106. The van der Waals surface area contributed by atoms with Crippen LogP contribution in [0.2, 0.25) is 0 Å². The third-order valence-corrected chi connectivity index (χ3v) is 7.88. The van der Waals surface area contributed by atoms with Crippen molar-refractivity contribution in [3.8, 4) is 16.3 Å². The monoisotopic (exact) mass is 485 g/mol. The standard InChI is InChI=1S/C27H27N5O2S/c33-26-10-4-8-23-20-14-19(17-31(23)26)16-30(18-20)12-11-28-27(34)24-15-22(25-9-5-13-35-25)29-32(24)21-6-2-1-3-7-21/h1-10,13,15,19-20H,11-12,14,16-18H2,(H,28,34)/t19-,20+/m1/s1. The van der Waals surface area contributed by atoms with Crippen LogP contribution in [0.5, 0.6) is 0 Å². The highest BCUT2D eigenvalue weighted by molar-refractivity contribution is 7.13. The number of thiophene rings is 1. The van der Waals surface area contributed by atoms with Gasteiger partial charge in [0, 0.05) is 50.4 Å². The van der Waals surface area contributed by atoms with Gasteiger partial charge in [-0.3, -0.25) is 9.59 Å². The van der Waals surface area contributed by atoms with E-state index in [1.54, 1.807) is 22.1 Å². The molecule has 2 aliphatic rings. The van der Waals surface area contributed by atoms with Gasteiger partial charge in [-0.2, -0.15) is 5.10 Å². The van der Waals surface area contributed by atoms with Crippen molar-refractivity contribution in [2.24, 2.45) is 5.92 Å². The van der Waals surface area contributed by atoms with Gasteiger partial charge in [-0.25, -0.2) is 4.68 Å². The maximum atomic E-state index is 13.2. The SMILES string of the molecule is O=C(NCCN1C[C@H]2C[C@@H](C1)c1cccc(=O)n1C2)c1cc(-c2cccs2)nn1-c1ccccc1. The molecule has 1 fully saturated rings. The Kier molecular flexibility index (Phi) is 5.83. The Bertz CT molecular complexity index is 1390. The zero-order valence-corrected chi connectivity index (χ0v) is 20.2. The lowest BCUT2D eigenvalue weighted by molar-refractivity contribution is 0.0920. The summed E-state index contributed by atoms with van der Waals surface area (Å²) < 4.78 is 3.68. The van der Waals surface area contributed by atoms with Crippen molar-refractivity contribution < 1.29 is 4.79 Å². The van der Waals surface area contributed by atoms with Crippen LogP contribution in [0.1, 0.15) is 28.5 Å². The number of nitrogens with zero attached hydrogens (tertiary/aromatic N) is 4. The van der Waals surface area contributed by atoms with Crippen LogP contribution in [0.25, 0.3) is 16.3 Å². The molecule has 6 rings (SSSR count). The molecule has 0 radical (unpaired) electrons. The number of hydrogen-bond donors (Lipinski definition) is 1. The lowest BCUT2D eigenvalue weighted by atomic mass is 9.83. The Labute approximate surface area is 207 Å². The number of nitrogens with one attached hydrogen (secondary N) is 1. The van der Waals surface area contributed by atoms with Gasteiger partial charge < -0.3 is 14.8 Å². The molecule has 1 saturated heterocycles. The van der Waals surface area contributed by atoms with Crippen molar-refractivity contribution in [1.82, 2.24) is 24.6 Å². The third-order valence-electron chi connectivity index (χ3n) is 6.99. The molecule has 1 amide bonds. The molecular formula is C27H27N5O2S. The Morgan fingerprint density at radius 3 is 2.74 bits per heavy atom. The van der Waals surface area contributed by atoms with E-state index in [9.17, 15) is 9.59 Å². The highest BCUT2D eigenvalue weighted by Crippen LogP contribution is 2.34. The van der Waals surface area contributed by atoms with Crippen LogP contribution in [-0.4, -0.2) is 51.3 Å². The van der Waals surface area contributed by atoms with Gasteiger partial charge in [0.1, 0.15) is 11.4 Å². The number of para-hydroxylation sites is 1. The normalized spacial score (nSPS) is 19.3. The van der Waals surface area contributed by atoms with Gasteiger partial charge in [-0.05, 0) is 48.1 Å². The number of rotatable bonds is 6. The van der Waals surface area contributed by atoms with Gasteiger partial charge in [0.2, 0.25) is 0 Å². The van der Waals surface area contributed by atoms with Gasteiger partial charge in [0.25, 0.3) is 11.5 Å². The quantitative estimate of drug-likeness (QED) is 0.453. The molecule has 0 unspecified atom stereocenters. The molecule has 1 N–H and O–H groups in total. The average molecular weight is 486 g/mol. The minimum atomic E-state index is -0.127. The summed E-state index contributed by atoms with van der Waals surface area (Å²) in [7, 11) is 0. The lowest BCUT2D eigenvalue weighted by Crippen LogP contribution is -2.48. The molecule has 1 aromatic carbocycles. The third kappa shape index (κ3) is 4.35. The number of amides is 1. The fraction of sp³-hybridized carbons (Fsp3) is 0.296. The summed E-state index contributed by atoms with van der Waals surface area (Å²) in [6.07, 6.45) is 1.13. The first-order valence-corrected chi connectivity index (χ1v) is 12.9. The molecular weight excluding hydrogens is 458 g/mol. The van der Waals surface area contributed by atoms with Crippen molar-refractivity contribution >= 4 is 17.2 Å². The molecule has 2 atom stereocenters. The van der Waals surface area contributed by atoms with E-state index in [0.717, 1.165) is 54.6 Å². The lowest BCUT2D eigenvalue weighted by Gasteiger charge is -2.42. The summed E-state index contributed by atoms with van der Waals surface area (Å²) >= 11 is 1.61. The summed E-state index contributed by atoms with van der Waals surface area (Å²) in [6.45, 7) is 4.01. The number of pyridine rings is 1. The topological polar surface area (TPSA) is 72.2 Å². The number of carbonyl (C=O) groups is 1. The minimum Gasteiger partial charge on any atom is -0.349 e. The molecule has 2 bridgehead atoms. The number of benzene rings is 1. The summed E-state index contributed by atoms with van der Waals surface area (Å²) in [5.41, 5.74) is 3.44. The van der Waals surface area contributed by atoms with Gasteiger partial charge in [0.05, 0.1) is 10.6 Å². The fourth-order valence-corrected chi connectivity index (χ4v) is 6.13. The van der Waals surface area contributed by atoms with Crippen LogP contribution in [0.15, 0.2) is 76.9 Å². The van der Waals surface area contributed by atoms with Crippen LogP contribution in [0.3, 0.4) is 0 Å². The van der Waals surface area contributed by atoms with E-state index in [1.807, 2.05) is 64.5 Å². The number of fused-ring (bicyclic) bond motifs is 4. The number of hydrogen-bond acceptors (Lipinski definition) is 5. The smallest absolute Gasteiger partial charge is 0.270 e. The molecule has 8 heteroatoms. The van der Waals surface area contributed by atoms with Gasteiger partial charge in [-0.1, -0.05) is 30.3 Å². The van der Waals surface area contributed by atoms with Crippen LogP contribution in [-0.2, 0) is 6.54 Å². The Morgan fingerprint density at radius 1 is 1.03 bits per heavy atom. The number of aromatic nitrogens is 3. The summed E-state index contributed by atoms with van der Waals surface area (Å²) in [5, 5.41) is 9.87. The van der Waals surface area contributed by atoms with E-state index < -0.39 is 0 Å². The van der Waals surface area contributed by atoms with E-state index in [2.05, 4.69) is 16.3 Å². The average Bonchev–Trinajstić information content (AvgIpc) is 3.56. The predicted molar refractivity (Wildman–Crippen MR) is 137 cm³/mol. The summed E-state index contributed by atoms with van der Waals surface area (Å²) in [5.74, 6) is 0.725. The molecule has 0 spiro atoms.